The van der Waals surface area contributed by atoms with Crippen LogP contribution in [0.3, 0.4) is 0 Å². The Morgan fingerprint density at radius 1 is 1.24 bits per heavy atom. The molecule has 1 saturated heterocycles. The molecule has 6 heteroatoms. The van der Waals surface area contributed by atoms with Gasteiger partial charge >= 0.3 is 0 Å². The van der Waals surface area contributed by atoms with E-state index in [1.54, 1.807) is 19.1 Å². The third-order valence-corrected chi connectivity index (χ3v) is 5.52. The molecule has 0 bridgehead atoms. The number of aromatic nitrogens is 2. The topological polar surface area (TPSA) is 62.4 Å². The van der Waals surface area contributed by atoms with Crippen molar-refractivity contribution in [2.75, 3.05) is 6.54 Å². The third-order valence-electron chi connectivity index (χ3n) is 5.52. The summed E-state index contributed by atoms with van der Waals surface area (Å²) < 4.78 is 19.3. The molecule has 2 unspecified atom stereocenters. The van der Waals surface area contributed by atoms with Gasteiger partial charge < -0.3 is 9.63 Å². The van der Waals surface area contributed by atoms with Crippen LogP contribution in [0.2, 0.25) is 0 Å². The molecule has 1 aliphatic heterocycles. The maximum Gasteiger partial charge on any atom is 0.244 e. The standard InChI is InChI=1S/C19H24FN3O2/c1-12-7-8-13(9-16(12)20)18-21-19(25-22-18)17-10-15(24)11-23(17)14-5-3-2-4-6-14/h7-9,14-15,17,24H,2-6,10-11H2,1H3. The van der Waals surface area contributed by atoms with Crippen molar-refractivity contribution in [3.63, 3.8) is 0 Å². The van der Waals surface area contributed by atoms with Gasteiger partial charge in [0.2, 0.25) is 11.7 Å². The van der Waals surface area contributed by atoms with Crippen LogP contribution in [0.1, 0.15) is 56.0 Å². The number of hydrogen-bond donors (Lipinski definition) is 1. The van der Waals surface area contributed by atoms with Crippen LogP contribution in [0, 0.1) is 12.7 Å². The molecule has 1 N–H and O–H groups in total. The number of likely N-dealkylation sites (tertiary alicyclic amines) is 1. The first-order chi connectivity index (χ1) is 12.1. The van der Waals surface area contributed by atoms with E-state index in [0.29, 0.717) is 41.8 Å². The van der Waals surface area contributed by atoms with E-state index in [4.69, 9.17) is 4.52 Å². The Morgan fingerprint density at radius 3 is 2.80 bits per heavy atom. The maximum atomic E-state index is 13.8. The zero-order valence-corrected chi connectivity index (χ0v) is 14.5. The second-order valence-electron chi connectivity index (χ2n) is 7.31. The van der Waals surface area contributed by atoms with Crippen molar-refractivity contribution < 1.29 is 14.0 Å². The number of benzene rings is 1. The van der Waals surface area contributed by atoms with E-state index in [1.165, 1.54) is 25.3 Å². The fraction of sp³-hybridized carbons (Fsp3) is 0.579. The Kier molecular flexibility index (Phi) is 4.56. The highest BCUT2D eigenvalue weighted by molar-refractivity contribution is 5.55. The van der Waals surface area contributed by atoms with Crippen molar-refractivity contribution in [2.45, 2.75) is 63.6 Å². The second kappa shape index (κ2) is 6.84. The molecule has 2 aliphatic rings. The Balaban J connectivity index is 1.58. The fourth-order valence-electron chi connectivity index (χ4n) is 4.12. The quantitative estimate of drug-likeness (QED) is 0.920. The molecule has 0 amide bonds. The van der Waals surface area contributed by atoms with Gasteiger partial charge in [0.1, 0.15) is 5.82 Å². The maximum absolute atomic E-state index is 13.8. The predicted octanol–water partition coefficient (Wildman–Crippen LogP) is 3.62. The Hall–Kier alpha value is -1.79. The van der Waals surface area contributed by atoms with Crippen LogP contribution in [0.5, 0.6) is 0 Å². The van der Waals surface area contributed by atoms with Gasteiger partial charge in [-0.15, -0.1) is 0 Å². The second-order valence-corrected chi connectivity index (χ2v) is 7.31. The van der Waals surface area contributed by atoms with Crippen LogP contribution in [-0.2, 0) is 0 Å². The zero-order valence-electron chi connectivity index (χ0n) is 14.5. The van der Waals surface area contributed by atoms with E-state index in [-0.39, 0.29) is 18.0 Å². The van der Waals surface area contributed by atoms with E-state index in [9.17, 15) is 9.50 Å². The zero-order chi connectivity index (χ0) is 17.4. The third kappa shape index (κ3) is 3.33. The van der Waals surface area contributed by atoms with Crippen LogP contribution in [0.15, 0.2) is 22.7 Å². The largest absolute Gasteiger partial charge is 0.392 e. The van der Waals surface area contributed by atoms with Crippen molar-refractivity contribution >= 4 is 0 Å². The Labute approximate surface area is 146 Å². The van der Waals surface area contributed by atoms with Crippen LogP contribution in [0.25, 0.3) is 11.4 Å². The lowest BCUT2D eigenvalue weighted by Crippen LogP contribution is -2.37. The van der Waals surface area contributed by atoms with E-state index in [2.05, 4.69) is 15.0 Å². The summed E-state index contributed by atoms with van der Waals surface area (Å²) in [5.41, 5.74) is 1.20. The minimum absolute atomic E-state index is 0.0466. The summed E-state index contributed by atoms with van der Waals surface area (Å²) in [6.45, 7) is 2.38. The molecule has 4 rings (SSSR count). The average Bonchev–Trinajstić information content (AvgIpc) is 3.25. The highest BCUT2D eigenvalue weighted by Crippen LogP contribution is 2.37. The molecule has 2 atom stereocenters. The van der Waals surface area contributed by atoms with Gasteiger partial charge in [-0.2, -0.15) is 4.98 Å². The highest BCUT2D eigenvalue weighted by atomic mass is 19.1. The molecular weight excluding hydrogens is 321 g/mol. The van der Waals surface area contributed by atoms with Crippen molar-refractivity contribution in [2.24, 2.45) is 0 Å². The van der Waals surface area contributed by atoms with Crippen molar-refractivity contribution in [1.82, 2.24) is 15.0 Å². The first-order valence-electron chi connectivity index (χ1n) is 9.16. The number of nitrogens with zero attached hydrogens (tertiary/aromatic N) is 3. The highest BCUT2D eigenvalue weighted by Gasteiger charge is 2.39. The monoisotopic (exact) mass is 345 g/mol. The molecule has 5 nitrogen and oxygen atoms in total. The van der Waals surface area contributed by atoms with Crippen LogP contribution < -0.4 is 0 Å². The average molecular weight is 345 g/mol. The number of rotatable bonds is 3. The minimum Gasteiger partial charge on any atom is -0.392 e. The molecule has 1 saturated carbocycles. The molecular formula is C19H24FN3O2. The number of halogens is 1. The molecule has 2 aromatic rings. The van der Waals surface area contributed by atoms with Gasteiger partial charge in [-0.05, 0) is 37.8 Å². The van der Waals surface area contributed by atoms with Gasteiger partial charge in [0.25, 0.3) is 0 Å². The van der Waals surface area contributed by atoms with E-state index in [0.717, 1.165) is 12.8 Å². The molecule has 25 heavy (non-hydrogen) atoms. The first kappa shape index (κ1) is 16.7. The van der Waals surface area contributed by atoms with Crippen molar-refractivity contribution in [1.29, 1.82) is 0 Å². The molecule has 2 heterocycles. The molecule has 0 spiro atoms. The summed E-state index contributed by atoms with van der Waals surface area (Å²) in [7, 11) is 0. The molecule has 1 aliphatic carbocycles. The first-order valence-corrected chi connectivity index (χ1v) is 9.16. The molecule has 1 aromatic heterocycles. The summed E-state index contributed by atoms with van der Waals surface area (Å²) in [5.74, 6) is 0.654. The summed E-state index contributed by atoms with van der Waals surface area (Å²) in [6, 6.07) is 5.38. The van der Waals surface area contributed by atoms with E-state index < -0.39 is 0 Å². The molecule has 2 fully saturated rings. The summed E-state index contributed by atoms with van der Waals surface area (Å²) >= 11 is 0. The molecule has 1 aromatic carbocycles. The molecule has 0 radical (unpaired) electrons. The van der Waals surface area contributed by atoms with Crippen LogP contribution in [0.4, 0.5) is 4.39 Å². The van der Waals surface area contributed by atoms with Gasteiger partial charge in [-0.25, -0.2) is 4.39 Å². The summed E-state index contributed by atoms with van der Waals surface area (Å²) in [4.78, 5) is 6.85. The Morgan fingerprint density at radius 2 is 2.04 bits per heavy atom. The molecule has 134 valence electrons. The lowest BCUT2D eigenvalue weighted by molar-refractivity contribution is 0.110. The van der Waals surface area contributed by atoms with E-state index in [1.807, 2.05) is 0 Å². The number of aryl methyl sites for hydroxylation is 1. The summed E-state index contributed by atoms with van der Waals surface area (Å²) in [6.07, 6.45) is 6.34. The van der Waals surface area contributed by atoms with Crippen LogP contribution in [-0.4, -0.2) is 38.8 Å². The van der Waals surface area contributed by atoms with Gasteiger partial charge in [0.05, 0.1) is 12.1 Å². The number of hydrogen-bond acceptors (Lipinski definition) is 5. The minimum atomic E-state index is -0.362. The summed E-state index contributed by atoms with van der Waals surface area (Å²) in [5, 5.41) is 14.2. The lowest BCUT2D eigenvalue weighted by atomic mass is 9.94. The fourth-order valence-corrected chi connectivity index (χ4v) is 4.12. The lowest BCUT2D eigenvalue weighted by Gasteiger charge is -2.33. The predicted molar refractivity (Wildman–Crippen MR) is 91.4 cm³/mol. The normalized spacial score (nSPS) is 25.6. The van der Waals surface area contributed by atoms with Crippen molar-refractivity contribution in [3.8, 4) is 11.4 Å². The number of aliphatic hydroxyl groups excluding tert-OH is 1. The van der Waals surface area contributed by atoms with Gasteiger partial charge in [-0.3, -0.25) is 4.90 Å². The van der Waals surface area contributed by atoms with Gasteiger partial charge in [0.15, 0.2) is 0 Å². The smallest absolute Gasteiger partial charge is 0.244 e. The van der Waals surface area contributed by atoms with Crippen molar-refractivity contribution in [3.05, 3.63) is 35.5 Å². The van der Waals surface area contributed by atoms with E-state index >= 15 is 0 Å². The van der Waals surface area contributed by atoms with Gasteiger partial charge in [0, 0.05) is 18.2 Å². The number of β-amino-alcohol motifs (C(OH)–C–C–N with tert-alkyl or cyclic N) is 1. The SMILES string of the molecule is Cc1ccc(-c2noc(C3CC(O)CN3C3CCCCC3)n2)cc1F. The Bertz CT molecular complexity index is 742. The number of aliphatic hydroxyl groups is 1. The van der Waals surface area contributed by atoms with Gasteiger partial charge in [-0.1, -0.05) is 36.6 Å². The van der Waals surface area contributed by atoms with Crippen LogP contribution >= 0.6 is 0 Å².